The summed E-state index contributed by atoms with van der Waals surface area (Å²) in [5.41, 5.74) is 4.33. The summed E-state index contributed by atoms with van der Waals surface area (Å²) in [6.45, 7) is 0. The van der Waals surface area contributed by atoms with Crippen molar-refractivity contribution >= 4 is 17.3 Å². The second kappa shape index (κ2) is 6.73. The Balaban J connectivity index is 1.53. The van der Waals surface area contributed by atoms with Crippen LogP contribution in [-0.2, 0) is 0 Å². The number of aliphatic imine (C=N–C) groups is 1. The van der Waals surface area contributed by atoms with Crippen LogP contribution in [0.25, 0.3) is 0 Å². The Morgan fingerprint density at radius 2 is 1.50 bits per heavy atom. The van der Waals surface area contributed by atoms with E-state index in [-0.39, 0.29) is 24.1 Å². The van der Waals surface area contributed by atoms with Gasteiger partial charge in [-0.1, -0.05) is 48.0 Å². The number of methoxy groups -OCH3 is 1. The van der Waals surface area contributed by atoms with Gasteiger partial charge in [-0.05, 0) is 53.1 Å². The van der Waals surface area contributed by atoms with Crippen LogP contribution in [-0.4, -0.2) is 23.8 Å². The molecule has 0 N–H and O–H groups in total. The maximum Gasteiger partial charge on any atom is 0.129 e. The van der Waals surface area contributed by atoms with Crippen LogP contribution >= 0.6 is 11.6 Å². The lowest BCUT2D eigenvalue weighted by Crippen LogP contribution is -2.08. The first-order valence-corrected chi connectivity index (χ1v) is 9.54. The van der Waals surface area contributed by atoms with Gasteiger partial charge in [-0.2, -0.15) is 0 Å². The summed E-state index contributed by atoms with van der Waals surface area (Å²) in [6, 6.07) is 23.0. The monoisotopic (exact) mass is 392 g/mol. The van der Waals surface area contributed by atoms with Crippen molar-refractivity contribution < 1.29 is 9.13 Å². The summed E-state index contributed by atoms with van der Waals surface area (Å²) in [7, 11) is 1.67. The van der Waals surface area contributed by atoms with Gasteiger partial charge in [-0.3, -0.25) is 9.89 Å². The Hall–Kier alpha value is -2.69. The largest absolute Gasteiger partial charge is 0.497 e. The second-order valence-electron chi connectivity index (χ2n) is 7.06. The van der Waals surface area contributed by atoms with Crippen LogP contribution in [0.1, 0.15) is 28.9 Å². The molecule has 3 nitrogen and oxygen atoms in total. The standard InChI is InChI=1S/C23H18ClFN2O/c1-28-19-12-6-15(7-13-19)21-22-20(14-2-8-17(24)9-3-14)26-23(27(21)22)16-4-10-18(25)11-5-16/h2-13,21-23H,1H3/t21-,22+,23-,27?/m1/s1. The number of benzene rings is 3. The van der Waals surface area contributed by atoms with E-state index in [1.54, 1.807) is 7.11 Å². The molecule has 0 aromatic heterocycles. The number of hydrogen-bond donors (Lipinski definition) is 0. The second-order valence-corrected chi connectivity index (χ2v) is 7.49. The SMILES string of the molecule is COc1ccc([C@@H]2[C@@H]3C(c4ccc(Cl)cc4)=N[C@@H](c4ccc(F)cc4)N23)cc1. The zero-order valence-electron chi connectivity index (χ0n) is 15.2. The topological polar surface area (TPSA) is 24.6 Å². The summed E-state index contributed by atoms with van der Waals surface area (Å²) in [4.78, 5) is 7.34. The molecule has 1 unspecified atom stereocenters. The average Bonchev–Trinajstić information content (AvgIpc) is 3.34. The van der Waals surface area contributed by atoms with Crippen molar-refractivity contribution in [1.29, 1.82) is 0 Å². The molecule has 1 fully saturated rings. The first kappa shape index (κ1) is 17.4. The average molecular weight is 393 g/mol. The summed E-state index contributed by atoms with van der Waals surface area (Å²) in [5.74, 6) is 0.601. The predicted molar refractivity (Wildman–Crippen MR) is 108 cm³/mol. The van der Waals surface area contributed by atoms with Crippen LogP contribution in [0.3, 0.4) is 0 Å². The van der Waals surface area contributed by atoms with Gasteiger partial charge in [0.05, 0.1) is 24.9 Å². The number of nitrogens with zero attached hydrogens (tertiary/aromatic N) is 2. The van der Waals surface area contributed by atoms with Gasteiger partial charge in [0.1, 0.15) is 17.7 Å². The van der Waals surface area contributed by atoms with Gasteiger partial charge in [0.2, 0.25) is 0 Å². The van der Waals surface area contributed by atoms with Crippen molar-refractivity contribution in [3.8, 4) is 5.75 Å². The number of halogens is 2. The molecule has 5 heteroatoms. The summed E-state index contributed by atoms with van der Waals surface area (Å²) in [6.07, 6.45) is -0.122. The van der Waals surface area contributed by atoms with E-state index in [0.717, 1.165) is 22.6 Å². The highest BCUT2D eigenvalue weighted by molar-refractivity contribution is 6.30. The van der Waals surface area contributed by atoms with Crippen LogP contribution in [0.2, 0.25) is 5.02 Å². The lowest BCUT2D eigenvalue weighted by atomic mass is 10.0. The van der Waals surface area contributed by atoms with Crippen molar-refractivity contribution in [3.05, 3.63) is 100 Å². The van der Waals surface area contributed by atoms with Gasteiger partial charge in [-0.25, -0.2) is 4.39 Å². The van der Waals surface area contributed by atoms with Crippen molar-refractivity contribution in [3.63, 3.8) is 0 Å². The molecule has 1 saturated heterocycles. The summed E-state index contributed by atoms with van der Waals surface area (Å²) < 4.78 is 18.7. The molecule has 2 aliphatic rings. The van der Waals surface area contributed by atoms with Crippen LogP contribution in [0.4, 0.5) is 4.39 Å². The van der Waals surface area contributed by atoms with Crippen molar-refractivity contribution in [2.45, 2.75) is 18.2 Å². The minimum absolute atomic E-state index is 0.122. The highest BCUT2D eigenvalue weighted by Crippen LogP contribution is 2.55. The Morgan fingerprint density at radius 3 is 2.14 bits per heavy atom. The zero-order chi connectivity index (χ0) is 19.3. The Kier molecular flexibility index (Phi) is 4.18. The van der Waals surface area contributed by atoms with Gasteiger partial charge in [-0.15, -0.1) is 0 Å². The lowest BCUT2D eigenvalue weighted by molar-refractivity contribution is 0.402. The molecule has 3 aromatic carbocycles. The quantitative estimate of drug-likeness (QED) is 0.554. The molecule has 140 valence electrons. The maximum absolute atomic E-state index is 13.4. The van der Waals surface area contributed by atoms with Crippen LogP contribution in [0.15, 0.2) is 77.8 Å². The lowest BCUT2D eigenvalue weighted by Gasteiger charge is -2.15. The summed E-state index contributed by atoms with van der Waals surface area (Å²) in [5, 5.41) is 0.705. The van der Waals surface area contributed by atoms with Gasteiger partial charge in [0.15, 0.2) is 0 Å². The third-order valence-corrected chi connectivity index (χ3v) is 5.69. The van der Waals surface area contributed by atoms with E-state index in [1.165, 1.54) is 17.7 Å². The highest BCUT2D eigenvalue weighted by Gasteiger charge is 2.59. The summed E-state index contributed by atoms with van der Waals surface area (Å²) >= 11 is 6.06. The number of rotatable bonds is 4. The Morgan fingerprint density at radius 1 is 0.857 bits per heavy atom. The van der Waals surface area contributed by atoms with E-state index in [9.17, 15) is 4.39 Å². The molecule has 4 atom stereocenters. The normalized spacial score (nSPS) is 25.2. The van der Waals surface area contributed by atoms with Crippen LogP contribution in [0, 0.1) is 5.82 Å². The third kappa shape index (κ3) is 2.89. The fraction of sp³-hybridized carbons (Fsp3) is 0.174. The minimum Gasteiger partial charge on any atom is -0.497 e. The number of hydrogen-bond acceptors (Lipinski definition) is 3. The smallest absolute Gasteiger partial charge is 0.129 e. The van der Waals surface area contributed by atoms with Crippen molar-refractivity contribution in [2.75, 3.05) is 7.11 Å². The van der Waals surface area contributed by atoms with E-state index < -0.39 is 0 Å². The highest BCUT2D eigenvalue weighted by atomic mass is 35.5. The molecule has 5 rings (SSSR count). The molecule has 3 aromatic rings. The molecular formula is C23H18ClFN2O. The molecule has 0 saturated carbocycles. The predicted octanol–water partition coefficient (Wildman–Crippen LogP) is 5.41. The van der Waals surface area contributed by atoms with Gasteiger partial charge < -0.3 is 4.74 Å². The van der Waals surface area contributed by atoms with E-state index in [0.29, 0.717) is 5.02 Å². The van der Waals surface area contributed by atoms with Crippen LogP contribution < -0.4 is 4.74 Å². The maximum atomic E-state index is 13.4. The first-order valence-electron chi connectivity index (χ1n) is 9.16. The Bertz CT molecular complexity index is 1030. The van der Waals surface area contributed by atoms with Crippen LogP contribution in [0.5, 0.6) is 5.75 Å². The molecule has 0 aliphatic carbocycles. The van der Waals surface area contributed by atoms with Gasteiger partial charge >= 0.3 is 0 Å². The molecule has 2 aliphatic heterocycles. The zero-order valence-corrected chi connectivity index (χ0v) is 16.0. The first-order chi connectivity index (χ1) is 13.7. The third-order valence-electron chi connectivity index (χ3n) is 5.44. The van der Waals surface area contributed by atoms with Gasteiger partial charge in [0.25, 0.3) is 0 Å². The molecule has 0 spiro atoms. The van der Waals surface area contributed by atoms with E-state index in [1.807, 2.05) is 48.5 Å². The molecule has 0 amide bonds. The van der Waals surface area contributed by atoms with E-state index in [2.05, 4.69) is 17.0 Å². The number of ether oxygens (including phenoxy) is 1. The van der Waals surface area contributed by atoms with Crippen molar-refractivity contribution in [2.24, 2.45) is 4.99 Å². The van der Waals surface area contributed by atoms with E-state index >= 15 is 0 Å². The van der Waals surface area contributed by atoms with Crippen molar-refractivity contribution in [1.82, 2.24) is 4.90 Å². The molecule has 2 heterocycles. The van der Waals surface area contributed by atoms with Gasteiger partial charge in [0, 0.05) is 5.02 Å². The minimum atomic E-state index is -0.238. The molecule has 0 radical (unpaired) electrons. The fourth-order valence-electron chi connectivity index (χ4n) is 4.02. The Labute approximate surface area is 168 Å². The molecular weight excluding hydrogens is 375 g/mol. The molecule has 0 bridgehead atoms. The molecule has 28 heavy (non-hydrogen) atoms. The number of fused-ring (bicyclic) bond motifs is 1. The van der Waals surface area contributed by atoms with E-state index in [4.69, 9.17) is 21.3 Å². The fourth-order valence-corrected chi connectivity index (χ4v) is 4.15.